The molecule has 2 aliphatic rings. The second-order valence-corrected chi connectivity index (χ2v) is 8.09. The molecule has 1 aromatic carbocycles. The first-order chi connectivity index (χ1) is 13.7. The molecule has 2 saturated heterocycles. The van der Waals surface area contributed by atoms with E-state index in [1.807, 2.05) is 36.8 Å². The first-order valence-corrected chi connectivity index (χ1v) is 10.3. The fourth-order valence-electron chi connectivity index (χ4n) is 4.40. The molecule has 5 rings (SSSR count). The van der Waals surface area contributed by atoms with Gasteiger partial charge in [-0.1, -0.05) is 18.5 Å². The molecule has 0 aliphatic carbocycles. The van der Waals surface area contributed by atoms with Crippen LogP contribution in [0.25, 0.3) is 11.0 Å². The van der Waals surface area contributed by atoms with Crippen molar-refractivity contribution in [2.75, 3.05) is 29.4 Å². The molecular weight excluding hydrogens is 372 g/mol. The van der Waals surface area contributed by atoms with Crippen LogP contribution in [0.2, 0.25) is 5.02 Å². The summed E-state index contributed by atoms with van der Waals surface area (Å²) in [5.41, 5.74) is 2.89. The van der Waals surface area contributed by atoms with Crippen molar-refractivity contribution in [1.82, 2.24) is 19.9 Å². The number of fused-ring (bicyclic) bond motifs is 2. The van der Waals surface area contributed by atoms with Crippen LogP contribution in [-0.2, 0) is 6.42 Å². The number of aryl methyl sites for hydroxylation is 1. The average molecular weight is 395 g/mol. The monoisotopic (exact) mass is 394 g/mol. The number of nitrogens with zero attached hydrogens (tertiary/aromatic N) is 6. The zero-order valence-corrected chi connectivity index (χ0v) is 16.7. The third-order valence-corrected chi connectivity index (χ3v) is 6.27. The van der Waals surface area contributed by atoms with Crippen LogP contribution in [-0.4, -0.2) is 45.6 Å². The molecule has 2 atom stereocenters. The van der Waals surface area contributed by atoms with E-state index in [-0.39, 0.29) is 0 Å². The average Bonchev–Trinajstić information content (AvgIpc) is 3.16. The number of anilines is 2. The van der Waals surface area contributed by atoms with E-state index in [2.05, 4.69) is 31.7 Å². The van der Waals surface area contributed by atoms with Crippen LogP contribution >= 0.6 is 11.6 Å². The van der Waals surface area contributed by atoms with Gasteiger partial charge in [0, 0.05) is 37.1 Å². The maximum atomic E-state index is 6.07. The molecule has 2 unspecified atom stereocenters. The lowest BCUT2D eigenvalue weighted by atomic mass is 9.92. The van der Waals surface area contributed by atoms with Crippen molar-refractivity contribution in [3.8, 4) is 0 Å². The molecule has 2 fully saturated rings. The molecule has 0 spiro atoms. The van der Waals surface area contributed by atoms with Crippen LogP contribution in [0.15, 0.2) is 36.8 Å². The number of hydrogen-bond donors (Lipinski definition) is 0. The molecule has 4 heterocycles. The van der Waals surface area contributed by atoms with E-state index in [1.54, 1.807) is 0 Å². The Labute approximate surface area is 169 Å². The van der Waals surface area contributed by atoms with Crippen LogP contribution in [0.4, 0.5) is 11.8 Å². The molecule has 7 heteroatoms. The highest BCUT2D eigenvalue weighted by Crippen LogP contribution is 2.35. The first-order valence-electron chi connectivity index (χ1n) is 9.96. The molecule has 28 heavy (non-hydrogen) atoms. The lowest BCUT2D eigenvalue weighted by Crippen LogP contribution is -2.49. The van der Waals surface area contributed by atoms with E-state index in [4.69, 9.17) is 16.6 Å². The fraction of sp³-hybridized carbons (Fsp3) is 0.429. The zero-order chi connectivity index (χ0) is 19.1. The van der Waals surface area contributed by atoms with Gasteiger partial charge in [0.15, 0.2) is 0 Å². The molecule has 2 aliphatic heterocycles. The number of hydrogen-bond acceptors (Lipinski definition) is 6. The van der Waals surface area contributed by atoms with E-state index < -0.39 is 0 Å². The molecule has 2 aromatic heterocycles. The number of rotatable bonds is 3. The van der Waals surface area contributed by atoms with Crippen molar-refractivity contribution in [2.45, 2.75) is 32.2 Å². The number of aromatic nitrogens is 4. The van der Waals surface area contributed by atoms with Gasteiger partial charge < -0.3 is 9.80 Å². The normalized spacial score (nSPS) is 21.9. The molecule has 144 valence electrons. The van der Waals surface area contributed by atoms with Gasteiger partial charge in [-0.3, -0.25) is 4.98 Å². The standard InChI is InChI=1S/C21H23ClN6/c1-2-14-10-24-21(25-11-14)28-8-6-15-5-7-27(13-19(15)28)20-12-23-18-9-16(22)3-4-17(18)26-20/h3-4,9-12,15,19H,2,5-8,13H2,1H3. The van der Waals surface area contributed by atoms with Crippen molar-refractivity contribution in [3.63, 3.8) is 0 Å². The number of benzene rings is 1. The van der Waals surface area contributed by atoms with E-state index >= 15 is 0 Å². The van der Waals surface area contributed by atoms with Gasteiger partial charge in [-0.2, -0.15) is 0 Å². The second kappa shape index (κ2) is 7.17. The topological polar surface area (TPSA) is 58.0 Å². The van der Waals surface area contributed by atoms with Crippen LogP contribution in [0.5, 0.6) is 0 Å². The lowest BCUT2D eigenvalue weighted by Gasteiger charge is -2.39. The van der Waals surface area contributed by atoms with Gasteiger partial charge in [-0.15, -0.1) is 0 Å². The highest BCUT2D eigenvalue weighted by Gasteiger charge is 2.39. The summed E-state index contributed by atoms with van der Waals surface area (Å²) in [5, 5.41) is 0.686. The minimum Gasteiger partial charge on any atom is -0.353 e. The molecule has 3 aromatic rings. The Bertz CT molecular complexity index is 992. The van der Waals surface area contributed by atoms with Gasteiger partial charge in [0.1, 0.15) is 5.82 Å². The van der Waals surface area contributed by atoms with Crippen molar-refractivity contribution in [1.29, 1.82) is 0 Å². The Kier molecular flexibility index (Phi) is 4.51. The summed E-state index contributed by atoms with van der Waals surface area (Å²) >= 11 is 6.07. The summed E-state index contributed by atoms with van der Waals surface area (Å²) in [6.45, 7) is 5.09. The fourth-order valence-corrected chi connectivity index (χ4v) is 4.57. The second-order valence-electron chi connectivity index (χ2n) is 7.65. The number of halogens is 1. The van der Waals surface area contributed by atoms with E-state index in [0.717, 1.165) is 55.3 Å². The summed E-state index contributed by atoms with van der Waals surface area (Å²) < 4.78 is 0. The summed E-state index contributed by atoms with van der Waals surface area (Å²) in [7, 11) is 0. The summed E-state index contributed by atoms with van der Waals surface area (Å²) in [6.07, 6.45) is 9.11. The molecule has 0 amide bonds. The highest BCUT2D eigenvalue weighted by molar-refractivity contribution is 6.31. The van der Waals surface area contributed by atoms with Gasteiger partial charge in [0.05, 0.1) is 23.3 Å². The quantitative estimate of drug-likeness (QED) is 0.674. The largest absolute Gasteiger partial charge is 0.353 e. The van der Waals surface area contributed by atoms with E-state index in [0.29, 0.717) is 17.0 Å². The maximum absolute atomic E-state index is 6.07. The van der Waals surface area contributed by atoms with E-state index in [1.165, 1.54) is 12.0 Å². The Hall–Kier alpha value is -2.47. The van der Waals surface area contributed by atoms with Gasteiger partial charge in [-0.25, -0.2) is 15.0 Å². The van der Waals surface area contributed by atoms with Crippen LogP contribution in [0, 0.1) is 5.92 Å². The number of piperidine rings is 1. The Morgan fingerprint density at radius 1 is 1.04 bits per heavy atom. The minimum absolute atomic E-state index is 0.420. The van der Waals surface area contributed by atoms with Crippen LogP contribution < -0.4 is 9.80 Å². The van der Waals surface area contributed by atoms with Crippen molar-refractivity contribution < 1.29 is 0 Å². The third-order valence-electron chi connectivity index (χ3n) is 6.03. The Morgan fingerprint density at radius 2 is 1.86 bits per heavy atom. The molecule has 6 nitrogen and oxygen atoms in total. The molecule has 0 saturated carbocycles. The van der Waals surface area contributed by atoms with Gasteiger partial charge >= 0.3 is 0 Å². The van der Waals surface area contributed by atoms with Gasteiger partial charge in [0.2, 0.25) is 5.95 Å². The van der Waals surface area contributed by atoms with E-state index in [9.17, 15) is 0 Å². The zero-order valence-electron chi connectivity index (χ0n) is 15.9. The maximum Gasteiger partial charge on any atom is 0.225 e. The molecule has 0 bridgehead atoms. The predicted molar refractivity (Wildman–Crippen MR) is 112 cm³/mol. The minimum atomic E-state index is 0.420. The van der Waals surface area contributed by atoms with Crippen molar-refractivity contribution in [3.05, 3.63) is 47.4 Å². The molecular formula is C21H23ClN6. The third kappa shape index (κ3) is 3.15. The van der Waals surface area contributed by atoms with Gasteiger partial charge in [-0.05, 0) is 48.9 Å². The van der Waals surface area contributed by atoms with Crippen molar-refractivity contribution in [2.24, 2.45) is 5.92 Å². The summed E-state index contributed by atoms with van der Waals surface area (Å²) in [6, 6.07) is 6.08. The van der Waals surface area contributed by atoms with Crippen LogP contribution in [0.1, 0.15) is 25.3 Å². The lowest BCUT2D eigenvalue weighted by molar-refractivity contribution is 0.387. The summed E-state index contributed by atoms with van der Waals surface area (Å²) in [5.74, 6) is 2.48. The van der Waals surface area contributed by atoms with Crippen molar-refractivity contribution >= 4 is 34.4 Å². The Balaban J connectivity index is 1.39. The smallest absolute Gasteiger partial charge is 0.225 e. The first kappa shape index (κ1) is 17.6. The van der Waals surface area contributed by atoms with Gasteiger partial charge in [0.25, 0.3) is 0 Å². The molecule has 0 radical (unpaired) electrons. The predicted octanol–water partition coefficient (Wildman–Crippen LogP) is 3.74. The van der Waals surface area contributed by atoms with Crippen LogP contribution in [0.3, 0.4) is 0 Å². The highest BCUT2D eigenvalue weighted by atomic mass is 35.5. The summed E-state index contributed by atoms with van der Waals surface area (Å²) in [4.78, 5) is 23.4. The SMILES string of the molecule is CCc1cnc(N2CCC3CCN(c4cnc5cc(Cl)ccc5n4)CC32)nc1. The molecule has 0 N–H and O–H groups in total. The Morgan fingerprint density at radius 3 is 2.68 bits per heavy atom.